The average Bonchev–Trinajstić information content (AvgIpc) is 3.20. The summed E-state index contributed by atoms with van der Waals surface area (Å²) in [4.78, 5) is 14.7. The molecule has 0 aromatic heterocycles. The molecular weight excluding hydrogens is 343 g/mol. The first kappa shape index (κ1) is 18.1. The van der Waals surface area contributed by atoms with Crippen molar-refractivity contribution in [3.63, 3.8) is 0 Å². The van der Waals surface area contributed by atoms with Gasteiger partial charge >= 0.3 is 0 Å². The highest BCUT2D eigenvalue weighted by Gasteiger charge is 2.32. The highest BCUT2D eigenvalue weighted by Crippen LogP contribution is 2.25. The van der Waals surface area contributed by atoms with Gasteiger partial charge in [0.25, 0.3) is 5.91 Å². The monoisotopic (exact) mass is 368 g/mol. The molecule has 3 N–H and O–H groups in total. The van der Waals surface area contributed by atoms with Crippen LogP contribution >= 0.6 is 0 Å². The van der Waals surface area contributed by atoms with Crippen LogP contribution in [0, 0.1) is 5.82 Å². The number of piperidine rings is 1. The number of benzene rings is 2. The van der Waals surface area contributed by atoms with Gasteiger partial charge in [-0.3, -0.25) is 9.69 Å². The molecule has 0 aliphatic carbocycles. The van der Waals surface area contributed by atoms with Crippen molar-refractivity contribution in [1.29, 1.82) is 0 Å². The van der Waals surface area contributed by atoms with Crippen molar-refractivity contribution in [3.8, 4) is 0 Å². The Bertz CT molecular complexity index is 777. The zero-order valence-electron chi connectivity index (χ0n) is 15.2. The Balaban J connectivity index is 1.27. The molecule has 142 valence electrons. The summed E-state index contributed by atoms with van der Waals surface area (Å²) < 4.78 is 13.8. The van der Waals surface area contributed by atoms with Gasteiger partial charge in [-0.1, -0.05) is 42.5 Å². The summed E-state index contributed by atoms with van der Waals surface area (Å²) in [6.07, 6.45) is 3.04. The number of halogens is 1. The van der Waals surface area contributed by atoms with E-state index in [2.05, 4.69) is 45.3 Å². The van der Waals surface area contributed by atoms with Gasteiger partial charge in [-0.25, -0.2) is 15.2 Å². The standard InChI is InChI=1S/C21H25FN4O/c22-18-9-5-4-8-17(18)21(27)23-16-10-12-26(13-11-16)20-14-19(24-25-20)15-6-2-1-3-7-15/h1-9,16,19-20,24-25H,10-14H2,(H,23,27). The first-order valence-corrected chi connectivity index (χ1v) is 9.56. The predicted octanol–water partition coefficient (Wildman–Crippen LogP) is 2.59. The van der Waals surface area contributed by atoms with Crippen LogP contribution in [0.25, 0.3) is 0 Å². The van der Waals surface area contributed by atoms with E-state index in [1.165, 1.54) is 17.7 Å². The normalized spacial score (nSPS) is 24.0. The summed E-state index contributed by atoms with van der Waals surface area (Å²) in [5, 5.41) is 2.98. The number of likely N-dealkylation sites (tertiary alicyclic amines) is 1. The maximum absolute atomic E-state index is 13.8. The number of carbonyl (C=O) groups is 1. The number of hydrogen-bond acceptors (Lipinski definition) is 4. The second kappa shape index (κ2) is 8.17. The molecule has 2 unspecified atom stereocenters. The number of nitrogens with zero attached hydrogens (tertiary/aromatic N) is 1. The molecule has 2 aliphatic heterocycles. The minimum atomic E-state index is -0.472. The van der Waals surface area contributed by atoms with Gasteiger partial charge < -0.3 is 5.32 Å². The molecule has 6 heteroatoms. The third-order valence-corrected chi connectivity index (χ3v) is 5.51. The fraction of sp³-hybridized carbons (Fsp3) is 0.381. The van der Waals surface area contributed by atoms with Crippen LogP contribution in [0.5, 0.6) is 0 Å². The van der Waals surface area contributed by atoms with E-state index < -0.39 is 5.82 Å². The van der Waals surface area contributed by atoms with Crippen LogP contribution in [0.3, 0.4) is 0 Å². The van der Waals surface area contributed by atoms with Crippen molar-refractivity contribution < 1.29 is 9.18 Å². The number of hydrogen-bond donors (Lipinski definition) is 3. The third-order valence-electron chi connectivity index (χ3n) is 5.51. The van der Waals surface area contributed by atoms with Crippen molar-refractivity contribution in [3.05, 3.63) is 71.5 Å². The van der Waals surface area contributed by atoms with Gasteiger partial charge in [0.1, 0.15) is 5.82 Å². The molecular formula is C21H25FN4O. The molecule has 4 rings (SSSR count). The molecule has 1 amide bonds. The summed E-state index contributed by atoms with van der Waals surface area (Å²) in [5.74, 6) is -0.794. The molecule has 2 aromatic rings. The van der Waals surface area contributed by atoms with Crippen molar-refractivity contribution in [2.24, 2.45) is 0 Å². The lowest BCUT2D eigenvalue weighted by molar-refractivity contribution is 0.0876. The van der Waals surface area contributed by atoms with Crippen LogP contribution in [0.4, 0.5) is 4.39 Å². The lowest BCUT2D eigenvalue weighted by Crippen LogP contribution is -2.51. The van der Waals surface area contributed by atoms with E-state index in [0.29, 0.717) is 12.2 Å². The Morgan fingerprint density at radius 2 is 1.70 bits per heavy atom. The van der Waals surface area contributed by atoms with Crippen LogP contribution in [0.15, 0.2) is 54.6 Å². The van der Waals surface area contributed by atoms with E-state index in [-0.39, 0.29) is 17.5 Å². The van der Waals surface area contributed by atoms with Gasteiger partial charge in [0.05, 0.1) is 11.7 Å². The lowest BCUT2D eigenvalue weighted by atomic mass is 10.0. The molecule has 27 heavy (non-hydrogen) atoms. The second-order valence-electron chi connectivity index (χ2n) is 7.27. The van der Waals surface area contributed by atoms with Gasteiger partial charge in [-0.05, 0) is 37.0 Å². The molecule has 2 aliphatic rings. The Hall–Kier alpha value is -2.28. The minimum absolute atomic E-state index is 0.0904. The maximum atomic E-state index is 13.8. The quantitative estimate of drug-likeness (QED) is 0.777. The molecule has 0 bridgehead atoms. The Morgan fingerprint density at radius 1 is 1.00 bits per heavy atom. The number of amides is 1. The Morgan fingerprint density at radius 3 is 2.44 bits per heavy atom. The van der Waals surface area contributed by atoms with Crippen molar-refractivity contribution >= 4 is 5.91 Å². The summed E-state index contributed by atoms with van der Waals surface area (Å²) in [6.45, 7) is 1.81. The van der Waals surface area contributed by atoms with Crippen LogP contribution in [0.2, 0.25) is 0 Å². The molecule has 2 atom stereocenters. The van der Waals surface area contributed by atoms with Crippen LogP contribution in [-0.2, 0) is 0 Å². The predicted molar refractivity (Wildman–Crippen MR) is 102 cm³/mol. The van der Waals surface area contributed by atoms with E-state index in [9.17, 15) is 9.18 Å². The molecule has 0 radical (unpaired) electrons. The summed E-state index contributed by atoms with van der Waals surface area (Å²) in [7, 11) is 0. The number of nitrogens with one attached hydrogen (secondary N) is 3. The number of hydrazine groups is 1. The largest absolute Gasteiger partial charge is 0.349 e. The molecule has 5 nitrogen and oxygen atoms in total. The molecule has 2 saturated heterocycles. The van der Waals surface area contributed by atoms with E-state index in [0.717, 1.165) is 32.4 Å². The molecule has 2 aromatic carbocycles. The Kier molecular flexibility index (Phi) is 5.48. The second-order valence-corrected chi connectivity index (χ2v) is 7.27. The van der Waals surface area contributed by atoms with Gasteiger partial charge in [0.2, 0.25) is 0 Å². The third kappa shape index (κ3) is 4.18. The van der Waals surface area contributed by atoms with Gasteiger partial charge in [-0.15, -0.1) is 0 Å². The van der Waals surface area contributed by atoms with Crippen molar-refractivity contribution in [2.75, 3.05) is 13.1 Å². The highest BCUT2D eigenvalue weighted by molar-refractivity contribution is 5.94. The van der Waals surface area contributed by atoms with Crippen LogP contribution in [0.1, 0.15) is 41.2 Å². The fourth-order valence-electron chi connectivity index (χ4n) is 3.95. The maximum Gasteiger partial charge on any atom is 0.254 e. The van der Waals surface area contributed by atoms with Crippen LogP contribution in [-0.4, -0.2) is 36.1 Å². The van der Waals surface area contributed by atoms with E-state index in [1.54, 1.807) is 12.1 Å². The SMILES string of the molecule is O=C(NC1CCN(C2CC(c3ccccc3)NN2)CC1)c1ccccc1F. The first-order chi connectivity index (χ1) is 13.2. The average molecular weight is 368 g/mol. The van der Waals surface area contributed by atoms with Crippen molar-refractivity contribution in [2.45, 2.75) is 37.5 Å². The molecule has 0 spiro atoms. The topological polar surface area (TPSA) is 56.4 Å². The molecule has 0 saturated carbocycles. The summed E-state index contributed by atoms with van der Waals surface area (Å²) >= 11 is 0. The fourth-order valence-corrected chi connectivity index (χ4v) is 3.95. The zero-order valence-corrected chi connectivity index (χ0v) is 15.2. The van der Waals surface area contributed by atoms with Crippen LogP contribution < -0.4 is 16.2 Å². The minimum Gasteiger partial charge on any atom is -0.349 e. The van der Waals surface area contributed by atoms with Gasteiger partial charge in [0.15, 0.2) is 0 Å². The number of carbonyl (C=O) groups excluding carboxylic acids is 1. The van der Waals surface area contributed by atoms with E-state index in [1.807, 2.05) is 6.07 Å². The zero-order chi connectivity index (χ0) is 18.6. The van der Waals surface area contributed by atoms with E-state index >= 15 is 0 Å². The van der Waals surface area contributed by atoms with Crippen molar-refractivity contribution in [1.82, 2.24) is 21.1 Å². The highest BCUT2D eigenvalue weighted by atomic mass is 19.1. The smallest absolute Gasteiger partial charge is 0.254 e. The summed E-state index contributed by atoms with van der Waals surface area (Å²) in [6, 6.07) is 17.0. The molecule has 2 fully saturated rings. The first-order valence-electron chi connectivity index (χ1n) is 9.56. The summed E-state index contributed by atoms with van der Waals surface area (Å²) in [5.41, 5.74) is 8.20. The number of rotatable bonds is 4. The molecule has 2 heterocycles. The van der Waals surface area contributed by atoms with E-state index in [4.69, 9.17) is 0 Å². The van der Waals surface area contributed by atoms with Gasteiger partial charge in [0, 0.05) is 25.2 Å². The van der Waals surface area contributed by atoms with Gasteiger partial charge in [-0.2, -0.15) is 0 Å². The lowest BCUT2D eigenvalue weighted by Gasteiger charge is -2.35. The Labute approximate surface area is 158 Å².